The van der Waals surface area contributed by atoms with Crippen LogP contribution in [0.25, 0.3) is 21.6 Å². The lowest BCUT2D eigenvalue weighted by Crippen LogP contribution is -2.39. The van der Waals surface area contributed by atoms with Gasteiger partial charge in [-0.3, -0.25) is 4.57 Å². The quantitative estimate of drug-likeness (QED) is 0.0498. The highest BCUT2D eigenvalue weighted by atomic mass is 31.1. The standard InChI is InChI=1S/C19H25N8O9P2/c1-2-13(35-38(31)32-8-6-4-3-5-7-25-26-21)34-16-15(36-37(29)30)12(9-28)33-19(16)27-11-24-14-17(20)22-10-23-18(14)27/h1,10-13,15-16,19,28H,3-9H2,(H2-,20,22,23,29,30)/q+1/p+1/t12-,13?,15?,16?,19-/m1/s1. The normalized spacial score (nSPS) is 22.6. The van der Waals surface area contributed by atoms with Crippen LogP contribution in [0, 0.1) is 12.3 Å². The third kappa shape index (κ3) is 7.83. The first-order valence-corrected chi connectivity index (χ1v) is 13.5. The molecule has 3 heterocycles. The summed E-state index contributed by atoms with van der Waals surface area (Å²) in [5, 5.41) is 13.3. The number of imidazole rings is 1. The van der Waals surface area contributed by atoms with Gasteiger partial charge in [-0.2, -0.15) is 0 Å². The molecule has 2 aromatic rings. The molecule has 0 aliphatic carbocycles. The molecular weight excluding hydrogens is 546 g/mol. The van der Waals surface area contributed by atoms with Gasteiger partial charge in [0, 0.05) is 20.6 Å². The van der Waals surface area contributed by atoms with Crippen LogP contribution in [0.4, 0.5) is 5.82 Å². The molecule has 2 aromatic heterocycles. The predicted molar refractivity (Wildman–Crippen MR) is 130 cm³/mol. The van der Waals surface area contributed by atoms with Crippen LogP contribution in [0.2, 0.25) is 0 Å². The third-order valence-electron chi connectivity index (χ3n) is 5.35. The van der Waals surface area contributed by atoms with E-state index in [4.69, 9.17) is 40.7 Å². The Morgan fingerprint density at radius 1 is 1.29 bits per heavy atom. The number of anilines is 1. The first kappa shape index (κ1) is 29.7. The molecule has 38 heavy (non-hydrogen) atoms. The maximum atomic E-state index is 12.3. The number of aliphatic hydroxyl groups is 1. The lowest BCUT2D eigenvalue weighted by atomic mass is 10.1. The van der Waals surface area contributed by atoms with Crippen LogP contribution in [0.1, 0.15) is 31.9 Å². The van der Waals surface area contributed by atoms with E-state index in [1.807, 2.05) is 0 Å². The average Bonchev–Trinajstić information content (AvgIpc) is 3.47. The number of rotatable bonds is 16. The van der Waals surface area contributed by atoms with Crippen molar-refractivity contribution in [1.82, 2.24) is 19.5 Å². The molecule has 0 aromatic carbocycles. The second kappa shape index (κ2) is 14.9. The SMILES string of the molecule is C#CC(OC1C(O[P+](=O)O)[C@@H](CO)O[C@H]1n1cnc2c(N)ncnc21)O[P+](=O)OCCCCCCN=[N+]=[N-]. The van der Waals surface area contributed by atoms with E-state index in [2.05, 4.69) is 30.9 Å². The smallest absolute Gasteiger partial charge is 0.394 e. The Bertz CT molecular complexity index is 1200. The Morgan fingerprint density at radius 2 is 2.08 bits per heavy atom. The zero-order valence-electron chi connectivity index (χ0n) is 19.9. The lowest BCUT2D eigenvalue weighted by Gasteiger charge is -2.22. The summed E-state index contributed by atoms with van der Waals surface area (Å²) in [5.74, 6) is 2.28. The van der Waals surface area contributed by atoms with E-state index >= 15 is 0 Å². The van der Waals surface area contributed by atoms with Gasteiger partial charge in [-0.1, -0.05) is 22.5 Å². The highest BCUT2D eigenvalue weighted by Crippen LogP contribution is 2.40. The second-order valence-electron chi connectivity index (χ2n) is 7.77. The van der Waals surface area contributed by atoms with E-state index < -0.39 is 53.9 Å². The number of terminal acetylenes is 1. The van der Waals surface area contributed by atoms with Crippen molar-refractivity contribution in [2.24, 2.45) is 5.11 Å². The summed E-state index contributed by atoms with van der Waals surface area (Å²) in [6, 6.07) is 0. The molecule has 1 saturated heterocycles. The minimum Gasteiger partial charge on any atom is -0.394 e. The number of ether oxygens (including phenoxy) is 2. The van der Waals surface area contributed by atoms with Gasteiger partial charge in [-0.05, 0) is 24.3 Å². The van der Waals surface area contributed by atoms with Crippen molar-refractivity contribution in [1.29, 1.82) is 0 Å². The number of azide groups is 1. The van der Waals surface area contributed by atoms with E-state index in [-0.39, 0.29) is 23.6 Å². The highest BCUT2D eigenvalue weighted by molar-refractivity contribution is 7.33. The van der Waals surface area contributed by atoms with Crippen molar-refractivity contribution < 1.29 is 42.2 Å². The third-order valence-corrected chi connectivity index (χ3v) is 6.53. The number of unbranched alkanes of at least 4 members (excludes halogenated alkanes) is 3. The van der Waals surface area contributed by atoms with Crippen LogP contribution in [0.15, 0.2) is 17.8 Å². The van der Waals surface area contributed by atoms with Gasteiger partial charge in [-0.15, -0.1) is 20.4 Å². The molecule has 1 aliphatic heterocycles. The summed E-state index contributed by atoms with van der Waals surface area (Å²) in [6.45, 7) is -0.0756. The minimum atomic E-state index is -3.14. The number of nitrogens with zero attached hydrogens (tertiary/aromatic N) is 7. The average molecular weight is 572 g/mol. The van der Waals surface area contributed by atoms with E-state index in [1.54, 1.807) is 0 Å². The van der Waals surface area contributed by atoms with E-state index in [0.29, 0.717) is 13.0 Å². The first-order chi connectivity index (χ1) is 18.4. The van der Waals surface area contributed by atoms with Crippen molar-refractivity contribution in [3.05, 3.63) is 23.1 Å². The number of aromatic nitrogens is 4. The van der Waals surface area contributed by atoms with Crippen LogP contribution in [-0.2, 0) is 32.2 Å². The predicted octanol–water partition coefficient (Wildman–Crippen LogP) is 2.24. The molecule has 0 bridgehead atoms. The molecule has 0 saturated carbocycles. The van der Waals surface area contributed by atoms with Gasteiger partial charge in [0.25, 0.3) is 6.29 Å². The van der Waals surface area contributed by atoms with Crippen LogP contribution in [0.5, 0.6) is 0 Å². The number of nitrogens with two attached hydrogens (primary N) is 1. The van der Waals surface area contributed by atoms with Gasteiger partial charge in [-0.25, -0.2) is 15.0 Å². The maximum Gasteiger partial charge on any atom is 0.701 e. The van der Waals surface area contributed by atoms with Gasteiger partial charge in [0.1, 0.15) is 30.7 Å². The summed E-state index contributed by atoms with van der Waals surface area (Å²) in [7, 11) is -5.83. The van der Waals surface area contributed by atoms with Crippen molar-refractivity contribution in [2.75, 3.05) is 25.5 Å². The monoisotopic (exact) mass is 572 g/mol. The van der Waals surface area contributed by atoms with Crippen LogP contribution >= 0.6 is 16.5 Å². The molecule has 19 heteroatoms. The summed E-state index contributed by atoms with van der Waals surface area (Å²) >= 11 is 0. The first-order valence-electron chi connectivity index (χ1n) is 11.3. The summed E-state index contributed by atoms with van der Waals surface area (Å²) in [4.78, 5) is 24.2. The Morgan fingerprint density at radius 3 is 2.79 bits per heavy atom. The summed E-state index contributed by atoms with van der Waals surface area (Å²) in [5.41, 5.74) is 14.6. The molecule has 0 radical (unpaired) electrons. The fourth-order valence-corrected chi connectivity index (χ4v) is 4.75. The van der Waals surface area contributed by atoms with Crippen molar-refractivity contribution in [2.45, 2.75) is 56.5 Å². The Balaban J connectivity index is 1.68. The lowest BCUT2D eigenvalue weighted by molar-refractivity contribution is -0.138. The molecule has 5 unspecified atom stereocenters. The number of aliphatic hydroxyl groups excluding tert-OH is 1. The van der Waals surface area contributed by atoms with Gasteiger partial charge in [0.15, 0.2) is 23.8 Å². The largest absolute Gasteiger partial charge is 0.701 e. The number of nitrogen functional groups attached to an aromatic ring is 1. The molecule has 0 spiro atoms. The molecule has 204 valence electrons. The van der Waals surface area contributed by atoms with Gasteiger partial charge < -0.3 is 20.3 Å². The zero-order valence-corrected chi connectivity index (χ0v) is 21.7. The van der Waals surface area contributed by atoms with E-state index in [0.717, 1.165) is 19.3 Å². The molecule has 1 fully saturated rings. The Labute approximate surface area is 218 Å². The molecule has 17 nitrogen and oxygen atoms in total. The highest BCUT2D eigenvalue weighted by Gasteiger charge is 2.53. The molecular formula is C19H26N8O9P2+2. The van der Waals surface area contributed by atoms with Gasteiger partial charge >= 0.3 is 16.5 Å². The Kier molecular flexibility index (Phi) is 11.7. The molecule has 0 amide bonds. The van der Waals surface area contributed by atoms with Crippen molar-refractivity contribution >= 4 is 33.5 Å². The molecule has 4 N–H and O–H groups in total. The van der Waals surface area contributed by atoms with Crippen molar-refractivity contribution in [3.8, 4) is 12.3 Å². The van der Waals surface area contributed by atoms with Crippen LogP contribution in [-0.4, -0.2) is 73.9 Å². The number of fused-ring (bicyclic) bond motifs is 1. The Hall–Kier alpha value is -2.86. The molecule has 1 aliphatic rings. The van der Waals surface area contributed by atoms with E-state index in [1.165, 1.54) is 17.2 Å². The topological polar surface area (TPSA) is 239 Å². The fraction of sp³-hybridized carbons (Fsp3) is 0.632. The van der Waals surface area contributed by atoms with Crippen molar-refractivity contribution in [3.63, 3.8) is 0 Å². The molecule has 3 rings (SSSR count). The zero-order chi connectivity index (χ0) is 27.5. The minimum absolute atomic E-state index is 0.101. The van der Waals surface area contributed by atoms with E-state index in [9.17, 15) is 19.1 Å². The summed E-state index contributed by atoms with van der Waals surface area (Å²) < 4.78 is 52.3. The maximum absolute atomic E-state index is 12.3. The molecule has 7 atom stereocenters. The second-order valence-corrected chi connectivity index (χ2v) is 9.37. The fourth-order valence-electron chi connectivity index (χ4n) is 3.68. The van der Waals surface area contributed by atoms with Crippen LogP contribution < -0.4 is 5.73 Å². The van der Waals surface area contributed by atoms with Crippen LogP contribution in [0.3, 0.4) is 0 Å². The number of hydrogen-bond acceptors (Lipinski definition) is 13. The van der Waals surface area contributed by atoms with Gasteiger partial charge in [0.05, 0.1) is 12.9 Å². The number of hydrogen-bond donors (Lipinski definition) is 3. The summed E-state index contributed by atoms with van der Waals surface area (Å²) in [6.07, 6.45) is 4.57. The van der Waals surface area contributed by atoms with Gasteiger partial charge in [0.2, 0.25) is 0 Å².